The highest BCUT2D eigenvalue weighted by Gasteiger charge is 2.67. The van der Waals surface area contributed by atoms with Crippen molar-refractivity contribution >= 4 is 23.2 Å². The van der Waals surface area contributed by atoms with Crippen LogP contribution in [0.4, 0.5) is 0 Å². The molecular weight excluding hydrogens is 580 g/mol. The lowest BCUT2D eigenvalue weighted by Crippen LogP contribution is -2.73. The Hall–Kier alpha value is -3.81. The Morgan fingerprint density at radius 3 is 2.44 bits per heavy atom. The number of rotatable bonds is 9. The highest BCUT2D eigenvalue weighted by molar-refractivity contribution is 6.25. The van der Waals surface area contributed by atoms with Gasteiger partial charge in [0, 0.05) is 42.7 Å². The van der Waals surface area contributed by atoms with E-state index in [2.05, 4.69) is 10.2 Å². The minimum Gasteiger partial charge on any atom is -0.507 e. The normalized spacial score (nSPS) is 27.8. The number of aliphatic hydroxyl groups excluding tert-OH is 2. The van der Waals surface area contributed by atoms with Crippen molar-refractivity contribution in [3.63, 3.8) is 0 Å². The van der Waals surface area contributed by atoms with Crippen LogP contribution in [-0.2, 0) is 27.3 Å². The van der Waals surface area contributed by atoms with Gasteiger partial charge in [-0.1, -0.05) is 12.1 Å². The van der Waals surface area contributed by atoms with Crippen LogP contribution in [0, 0.1) is 17.8 Å². The molecule has 3 aliphatic rings. The van der Waals surface area contributed by atoms with Crippen LogP contribution in [0.1, 0.15) is 23.1 Å². The summed E-state index contributed by atoms with van der Waals surface area (Å²) >= 11 is 0. The molecule has 6 atom stereocenters. The van der Waals surface area contributed by atoms with Gasteiger partial charge in [-0.2, -0.15) is 0 Å². The molecule has 0 radical (unpaired) electrons. The van der Waals surface area contributed by atoms with Gasteiger partial charge in [-0.15, -0.1) is 0 Å². The van der Waals surface area contributed by atoms with E-state index in [1.165, 1.54) is 6.07 Å². The molecule has 0 saturated heterocycles. The number of amides is 1. The first-order valence-corrected chi connectivity index (χ1v) is 15.0. The molecule has 242 valence electrons. The van der Waals surface area contributed by atoms with Crippen LogP contribution in [-0.4, -0.2) is 114 Å². The third-order valence-electron chi connectivity index (χ3n) is 9.59. The van der Waals surface area contributed by atoms with Crippen LogP contribution in [0.25, 0.3) is 16.9 Å². The van der Waals surface area contributed by atoms with Gasteiger partial charge in [-0.25, -0.2) is 0 Å². The van der Waals surface area contributed by atoms with E-state index in [1.807, 2.05) is 32.3 Å². The number of benzene rings is 2. The second-order valence-corrected chi connectivity index (χ2v) is 12.8. The van der Waals surface area contributed by atoms with E-state index in [4.69, 9.17) is 10.5 Å². The minimum absolute atomic E-state index is 0.0321. The topological polar surface area (TPSA) is 186 Å². The van der Waals surface area contributed by atoms with Crippen LogP contribution in [0.5, 0.6) is 11.5 Å². The minimum atomic E-state index is -2.70. The number of ketones is 2. The van der Waals surface area contributed by atoms with Gasteiger partial charge in [0.2, 0.25) is 11.7 Å². The van der Waals surface area contributed by atoms with Crippen molar-refractivity contribution in [1.29, 1.82) is 0 Å². The zero-order valence-corrected chi connectivity index (χ0v) is 26.2. The zero-order chi connectivity index (χ0) is 33.0. The van der Waals surface area contributed by atoms with Crippen molar-refractivity contribution in [1.82, 2.24) is 15.1 Å². The van der Waals surface area contributed by atoms with E-state index in [1.54, 1.807) is 32.2 Å². The summed E-state index contributed by atoms with van der Waals surface area (Å²) in [7, 11) is 8.81. The first kappa shape index (κ1) is 32.6. The highest BCUT2D eigenvalue weighted by atomic mass is 16.5. The summed E-state index contributed by atoms with van der Waals surface area (Å²) in [5.41, 5.74) is 5.59. The van der Waals surface area contributed by atoms with Crippen molar-refractivity contribution in [2.24, 2.45) is 23.5 Å². The molecule has 0 bridgehead atoms. The van der Waals surface area contributed by atoms with Gasteiger partial charge < -0.3 is 46.0 Å². The van der Waals surface area contributed by atoms with E-state index in [9.17, 15) is 34.8 Å². The Labute approximate surface area is 262 Å². The smallest absolute Gasteiger partial charge is 0.230 e. The Morgan fingerprint density at radius 1 is 1.11 bits per heavy atom. The van der Waals surface area contributed by atoms with Gasteiger partial charge in [0.1, 0.15) is 23.2 Å². The SMILES string of the molecule is COc1ccc(CNCCN(C)C)cc1-c1ccc(O)c2c1C[C@H]1C[C@H]3[C@H](N(C)C)C(O)C(C(N)=O)C(=O)[C@@]3(O)C(=O)C1=C2O. The van der Waals surface area contributed by atoms with Crippen molar-refractivity contribution in [3.8, 4) is 22.6 Å². The van der Waals surface area contributed by atoms with Gasteiger partial charge in [-0.3, -0.25) is 14.4 Å². The molecule has 2 fully saturated rings. The lowest BCUT2D eigenvalue weighted by molar-refractivity contribution is -0.184. The molecule has 2 aromatic rings. The number of methoxy groups -OCH3 is 1. The molecule has 3 aliphatic carbocycles. The average Bonchev–Trinajstić information content (AvgIpc) is 2.97. The third kappa shape index (κ3) is 5.30. The quantitative estimate of drug-likeness (QED) is 0.169. The molecule has 0 aromatic heterocycles. The summed E-state index contributed by atoms with van der Waals surface area (Å²) in [6.45, 7) is 2.27. The van der Waals surface area contributed by atoms with Crippen molar-refractivity contribution < 1.29 is 39.5 Å². The number of Topliss-reactive ketones (excluding diaryl/α,β-unsaturated/α-hetero) is 2. The maximum absolute atomic E-state index is 14.1. The van der Waals surface area contributed by atoms with Crippen LogP contribution in [0.3, 0.4) is 0 Å². The van der Waals surface area contributed by atoms with Gasteiger partial charge in [0.15, 0.2) is 11.4 Å². The van der Waals surface area contributed by atoms with E-state index >= 15 is 0 Å². The maximum Gasteiger partial charge on any atom is 0.230 e. The Balaban J connectivity index is 1.62. The number of phenolic OH excluding ortho intramolecular Hbond substituents is 1. The largest absolute Gasteiger partial charge is 0.507 e. The van der Waals surface area contributed by atoms with Crippen LogP contribution >= 0.6 is 0 Å². The molecule has 0 heterocycles. The Kier molecular flexibility index (Phi) is 8.82. The Morgan fingerprint density at radius 2 is 1.82 bits per heavy atom. The van der Waals surface area contributed by atoms with Crippen molar-refractivity contribution in [2.45, 2.75) is 37.1 Å². The number of hydrogen-bond donors (Lipinski definition) is 6. The van der Waals surface area contributed by atoms with Crippen LogP contribution in [0.2, 0.25) is 0 Å². The number of nitrogens with two attached hydrogens (primary N) is 1. The fourth-order valence-electron chi connectivity index (χ4n) is 7.47. The number of ether oxygens (including phenoxy) is 1. The molecule has 7 N–H and O–H groups in total. The summed E-state index contributed by atoms with van der Waals surface area (Å²) in [4.78, 5) is 43.6. The molecule has 0 aliphatic heterocycles. The monoisotopic (exact) mass is 622 g/mol. The molecule has 2 unspecified atom stereocenters. The summed E-state index contributed by atoms with van der Waals surface area (Å²) in [5, 5.41) is 48.9. The number of carbonyl (C=O) groups is 3. The number of likely N-dealkylation sites (N-methyl/N-ethyl adjacent to an activating group) is 2. The van der Waals surface area contributed by atoms with Gasteiger partial charge >= 0.3 is 0 Å². The first-order valence-electron chi connectivity index (χ1n) is 15.0. The fourth-order valence-corrected chi connectivity index (χ4v) is 7.47. The molecule has 0 spiro atoms. The number of fused-ring (bicyclic) bond motifs is 3. The van der Waals surface area contributed by atoms with Crippen LogP contribution in [0.15, 0.2) is 35.9 Å². The van der Waals surface area contributed by atoms with E-state index in [-0.39, 0.29) is 29.7 Å². The zero-order valence-electron chi connectivity index (χ0n) is 26.2. The number of carbonyl (C=O) groups excluding carboxylic acids is 3. The molecule has 12 nitrogen and oxygen atoms in total. The van der Waals surface area contributed by atoms with Gasteiger partial charge in [0.25, 0.3) is 0 Å². The molecular formula is C33H42N4O8. The summed E-state index contributed by atoms with van der Waals surface area (Å²) < 4.78 is 5.70. The van der Waals surface area contributed by atoms with Gasteiger partial charge in [-0.05, 0) is 81.8 Å². The van der Waals surface area contributed by atoms with Crippen LogP contribution < -0.4 is 15.8 Å². The predicted molar refractivity (Wildman–Crippen MR) is 166 cm³/mol. The van der Waals surface area contributed by atoms with Gasteiger partial charge in [0.05, 0.1) is 18.8 Å². The highest BCUT2D eigenvalue weighted by Crippen LogP contribution is 2.53. The molecule has 2 aromatic carbocycles. The molecule has 45 heavy (non-hydrogen) atoms. The maximum atomic E-state index is 14.1. The number of primary amides is 1. The lowest BCUT2D eigenvalue weighted by Gasteiger charge is -2.53. The van der Waals surface area contributed by atoms with Crippen molar-refractivity contribution in [3.05, 3.63) is 52.6 Å². The van der Waals surface area contributed by atoms with Crippen molar-refractivity contribution in [2.75, 3.05) is 48.4 Å². The molecule has 2 saturated carbocycles. The second kappa shape index (κ2) is 12.2. The Bertz CT molecular complexity index is 1570. The number of aromatic hydroxyl groups is 1. The number of nitrogens with zero attached hydrogens (tertiary/aromatic N) is 2. The second-order valence-electron chi connectivity index (χ2n) is 12.8. The summed E-state index contributed by atoms with van der Waals surface area (Å²) in [5.74, 6) is -7.17. The first-order chi connectivity index (χ1) is 21.2. The molecule has 1 amide bonds. The summed E-state index contributed by atoms with van der Waals surface area (Å²) in [6.07, 6.45) is -1.31. The molecule has 5 rings (SSSR count). The van der Waals surface area contributed by atoms with E-state index in [0.29, 0.717) is 23.4 Å². The number of aliphatic hydroxyl groups is 3. The summed E-state index contributed by atoms with van der Waals surface area (Å²) in [6, 6.07) is 8.00. The van der Waals surface area contributed by atoms with E-state index in [0.717, 1.165) is 24.2 Å². The number of hydrogen-bond acceptors (Lipinski definition) is 11. The fraction of sp³-hybridized carbons (Fsp3) is 0.485. The lowest BCUT2D eigenvalue weighted by atomic mass is 9.54. The van der Waals surface area contributed by atoms with E-state index < -0.39 is 58.7 Å². The average molecular weight is 623 g/mol. The number of nitrogens with one attached hydrogen (secondary N) is 1. The standard InChI is InChI=1S/C33H42N4O8/c1-36(2)11-10-35-15-16-6-9-23(45-5)19(12-16)18-7-8-22(38)25-20(18)13-17-14-21-27(37(3)4)29(40)26(32(34)43)31(42)33(21,44)30(41)24(17)28(25)39/h6-9,12,17,21,26-27,29,35,38-40,44H,10-11,13-15H2,1-5H3,(H2,34,43)/t17-,21-,26?,27-,29?,33-/m0/s1. The third-order valence-corrected chi connectivity index (χ3v) is 9.59. The number of phenols is 1. The predicted octanol–water partition coefficient (Wildman–Crippen LogP) is 0.456. The molecule has 12 heteroatoms.